The Morgan fingerprint density at radius 1 is 0.960 bits per heavy atom. The smallest absolute Gasteiger partial charge is 0.242 e. The van der Waals surface area contributed by atoms with Gasteiger partial charge >= 0.3 is 0 Å². The van der Waals surface area contributed by atoms with Gasteiger partial charge in [0.05, 0.1) is 6.04 Å². The van der Waals surface area contributed by atoms with Crippen molar-refractivity contribution in [2.45, 2.75) is 57.4 Å². The molecule has 3 aliphatic rings. The van der Waals surface area contributed by atoms with Gasteiger partial charge in [0.1, 0.15) is 0 Å². The summed E-state index contributed by atoms with van der Waals surface area (Å²) in [4.78, 5) is 17.8. The summed E-state index contributed by atoms with van der Waals surface area (Å²) in [7, 11) is 0. The Morgan fingerprint density at radius 2 is 1.64 bits per heavy atom. The summed E-state index contributed by atoms with van der Waals surface area (Å²) < 4.78 is 0. The van der Waals surface area contributed by atoms with E-state index in [1.807, 2.05) is 6.07 Å². The molecule has 0 radical (unpaired) electrons. The molecule has 0 unspecified atom stereocenters. The quantitative estimate of drug-likeness (QED) is 0.883. The van der Waals surface area contributed by atoms with Crippen molar-refractivity contribution < 1.29 is 4.79 Å². The number of nitrogens with one attached hydrogen (secondary N) is 1. The van der Waals surface area contributed by atoms with Crippen molar-refractivity contribution in [2.24, 2.45) is 5.92 Å². The Kier molecular flexibility index (Phi) is 5.25. The molecule has 1 amide bonds. The molecule has 4 heteroatoms. The molecule has 1 aromatic carbocycles. The van der Waals surface area contributed by atoms with E-state index in [0.717, 1.165) is 31.9 Å². The van der Waals surface area contributed by atoms with Gasteiger partial charge in [-0.1, -0.05) is 18.9 Å². The van der Waals surface area contributed by atoms with E-state index in [9.17, 15) is 4.79 Å². The average molecular weight is 341 g/mol. The Bertz CT molecular complexity index is 585. The number of carbonyl (C=O) groups is 1. The molecular weight excluding hydrogens is 310 g/mol. The molecule has 1 atom stereocenters. The summed E-state index contributed by atoms with van der Waals surface area (Å²) >= 11 is 0. The van der Waals surface area contributed by atoms with Crippen molar-refractivity contribution in [3.05, 3.63) is 24.3 Å². The first-order valence-corrected chi connectivity index (χ1v) is 10.2. The minimum atomic E-state index is 0.0874. The lowest BCUT2D eigenvalue weighted by Gasteiger charge is -2.27. The SMILES string of the molecule is O=C(Nc1cccc(N2CCCCCC2)c1)[C@H](C1CC1)N1CCCC1. The number of hydrogen-bond donors (Lipinski definition) is 1. The standard InChI is InChI=1S/C21H31N3O/c25-21(20(17-10-11-17)24-14-5-6-15-24)22-18-8-7-9-19(16-18)23-12-3-1-2-4-13-23/h7-9,16-17,20H,1-6,10-15H2,(H,22,25)/t20-/m0/s1. The normalized spacial score (nSPS) is 23.3. The van der Waals surface area contributed by atoms with Gasteiger partial charge in [-0.05, 0) is 75.7 Å². The van der Waals surface area contributed by atoms with Gasteiger partial charge in [0, 0.05) is 24.5 Å². The summed E-state index contributed by atoms with van der Waals surface area (Å²) in [6.45, 7) is 4.44. The zero-order valence-corrected chi connectivity index (χ0v) is 15.3. The van der Waals surface area contributed by atoms with Crippen LogP contribution in [0.15, 0.2) is 24.3 Å². The number of likely N-dealkylation sites (tertiary alicyclic amines) is 1. The van der Waals surface area contributed by atoms with Crippen molar-refractivity contribution >= 4 is 17.3 Å². The maximum absolute atomic E-state index is 13.0. The molecule has 2 saturated heterocycles. The first-order valence-electron chi connectivity index (χ1n) is 10.2. The van der Waals surface area contributed by atoms with E-state index in [4.69, 9.17) is 0 Å². The summed E-state index contributed by atoms with van der Waals surface area (Å²) in [5.41, 5.74) is 2.21. The van der Waals surface area contributed by atoms with E-state index in [1.165, 1.54) is 57.1 Å². The predicted octanol–water partition coefficient (Wildman–Crippen LogP) is 3.88. The highest BCUT2D eigenvalue weighted by atomic mass is 16.2. The van der Waals surface area contributed by atoms with E-state index in [0.29, 0.717) is 5.92 Å². The summed E-state index contributed by atoms with van der Waals surface area (Å²) in [5.74, 6) is 0.782. The second-order valence-corrected chi connectivity index (χ2v) is 7.97. The third-order valence-electron chi connectivity index (χ3n) is 5.96. The third kappa shape index (κ3) is 4.17. The van der Waals surface area contributed by atoms with Crippen LogP contribution in [-0.2, 0) is 4.79 Å². The molecule has 0 spiro atoms. The van der Waals surface area contributed by atoms with Crippen molar-refractivity contribution in [2.75, 3.05) is 36.4 Å². The minimum Gasteiger partial charge on any atom is -0.371 e. The maximum Gasteiger partial charge on any atom is 0.242 e. The molecule has 2 aliphatic heterocycles. The van der Waals surface area contributed by atoms with Crippen LogP contribution >= 0.6 is 0 Å². The number of nitrogens with zero attached hydrogens (tertiary/aromatic N) is 2. The topological polar surface area (TPSA) is 35.6 Å². The van der Waals surface area contributed by atoms with Gasteiger partial charge in [-0.2, -0.15) is 0 Å². The van der Waals surface area contributed by atoms with Crippen molar-refractivity contribution in [3.8, 4) is 0 Å². The van der Waals surface area contributed by atoms with E-state index in [-0.39, 0.29) is 11.9 Å². The Labute approximate surface area is 151 Å². The van der Waals surface area contributed by atoms with Crippen LogP contribution in [0, 0.1) is 5.92 Å². The molecule has 1 aromatic rings. The molecule has 136 valence electrons. The largest absolute Gasteiger partial charge is 0.371 e. The fraction of sp³-hybridized carbons (Fsp3) is 0.667. The molecule has 1 aliphatic carbocycles. The molecule has 2 heterocycles. The van der Waals surface area contributed by atoms with Gasteiger partial charge in [0.15, 0.2) is 0 Å². The van der Waals surface area contributed by atoms with Crippen LogP contribution in [-0.4, -0.2) is 43.0 Å². The highest BCUT2D eigenvalue weighted by molar-refractivity contribution is 5.95. The highest BCUT2D eigenvalue weighted by Gasteiger charge is 2.40. The maximum atomic E-state index is 13.0. The van der Waals surface area contributed by atoms with Crippen LogP contribution in [0.25, 0.3) is 0 Å². The monoisotopic (exact) mass is 341 g/mol. The van der Waals surface area contributed by atoms with Gasteiger partial charge < -0.3 is 10.2 Å². The third-order valence-corrected chi connectivity index (χ3v) is 5.96. The van der Waals surface area contributed by atoms with Crippen LogP contribution in [0.1, 0.15) is 51.4 Å². The van der Waals surface area contributed by atoms with E-state index in [2.05, 4.69) is 33.3 Å². The lowest BCUT2D eigenvalue weighted by molar-refractivity contribution is -0.121. The first-order chi connectivity index (χ1) is 12.3. The second-order valence-electron chi connectivity index (χ2n) is 7.97. The van der Waals surface area contributed by atoms with E-state index >= 15 is 0 Å². The van der Waals surface area contributed by atoms with E-state index < -0.39 is 0 Å². The highest BCUT2D eigenvalue weighted by Crippen LogP contribution is 2.37. The zero-order chi connectivity index (χ0) is 17.1. The molecule has 3 fully saturated rings. The fourth-order valence-electron chi connectivity index (χ4n) is 4.44. The minimum absolute atomic E-state index is 0.0874. The van der Waals surface area contributed by atoms with Crippen molar-refractivity contribution in [1.82, 2.24) is 4.90 Å². The number of rotatable bonds is 5. The number of anilines is 2. The first kappa shape index (κ1) is 16.9. The van der Waals surface area contributed by atoms with Gasteiger partial charge in [-0.3, -0.25) is 9.69 Å². The Balaban J connectivity index is 1.44. The molecule has 4 rings (SSSR count). The zero-order valence-electron chi connectivity index (χ0n) is 15.3. The lowest BCUT2D eigenvalue weighted by atomic mass is 10.1. The molecule has 1 N–H and O–H groups in total. The number of benzene rings is 1. The fourth-order valence-corrected chi connectivity index (χ4v) is 4.44. The van der Waals surface area contributed by atoms with Crippen LogP contribution in [0.2, 0.25) is 0 Å². The molecule has 0 bridgehead atoms. The predicted molar refractivity (Wildman–Crippen MR) is 103 cm³/mol. The summed E-state index contributed by atoms with van der Waals surface area (Å²) in [6.07, 6.45) is 10.1. The average Bonchev–Trinajstić information content (AvgIpc) is 3.37. The van der Waals surface area contributed by atoms with Crippen LogP contribution in [0.5, 0.6) is 0 Å². The van der Waals surface area contributed by atoms with Gasteiger partial charge in [-0.15, -0.1) is 0 Å². The van der Waals surface area contributed by atoms with E-state index in [1.54, 1.807) is 0 Å². The molecule has 1 saturated carbocycles. The van der Waals surface area contributed by atoms with Gasteiger partial charge in [0.2, 0.25) is 5.91 Å². The van der Waals surface area contributed by atoms with Crippen molar-refractivity contribution in [1.29, 1.82) is 0 Å². The van der Waals surface area contributed by atoms with Gasteiger partial charge in [-0.25, -0.2) is 0 Å². The molecule has 25 heavy (non-hydrogen) atoms. The molecular formula is C21H31N3O. The molecule has 0 aromatic heterocycles. The lowest BCUT2D eigenvalue weighted by Crippen LogP contribution is -2.44. The van der Waals surface area contributed by atoms with Crippen LogP contribution < -0.4 is 10.2 Å². The summed E-state index contributed by atoms with van der Waals surface area (Å²) in [6, 6.07) is 8.55. The van der Waals surface area contributed by atoms with Crippen LogP contribution in [0.4, 0.5) is 11.4 Å². The Hall–Kier alpha value is -1.55. The number of hydrogen-bond acceptors (Lipinski definition) is 3. The molecule has 4 nitrogen and oxygen atoms in total. The number of amides is 1. The van der Waals surface area contributed by atoms with Crippen LogP contribution in [0.3, 0.4) is 0 Å². The summed E-state index contributed by atoms with van der Waals surface area (Å²) in [5, 5.41) is 3.23. The Morgan fingerprint density at radius 3 is 2.32 bits per heavy atom. The van der Waals surface area contributed by atoms with Gasteiger partial charge in [0.25, 0.3) is 0 Å². The number of carbonyl (C=O) groups excluding carboxylic acids is 1. The second kappa shape index (κ2) is 7.77. The van der Waals surface area contributed by atoms with Crippen molar-refractivity contribution in [3.63, 3.8) is 0 Å².